The highest BCUT2D eigenvalue weighted by Gasteiger charge is 2.21. The molecule has 1 aliphatic rings. The number of halogens is 2. The number of hydrogen-bond acceptors (Lipinski definition) is 3. The summed E-state index contributed by atoms with van der Waals surface area (Å²) in [5.74, 6) is -1.89. The Labute approximate surface area is 91.6 Å². The molecule has 1 aromatic carbocycles. The standard InChI is InChI=1S/C11H12F2O3/c12-8-2-1-7(5-9(8)13)10(14)6-11-15-3-4-16-11/h1-2,5,10-11,14H,3-4,6H2. The van der Waals surface area contributed by atoms with Crippen LogP contribution in [0.25, 0.3) is 0 Å². The third-order valence-corrected chi connectivity index (χ3v) is 2.43. The van der Waals surface area contributed by atoms with Gasteiger partial charge in [0.05, 0.1) is 19.3 Å². The molecule has 1 fully saturated rings. The molecule has 1 atom stereocenters. The van der Waals surface area contributed by atoms with Gasteiger partial charge in [-0.15, -0.1) is 0 Å². The van der Waals surface area contributed by atoms with Crippen LogP contribution in [0.15, 0.2) is 18.2 Å². The highest BCUT2D eigenvalue weighted by molar-refractivity contribution is 5.20. The molecule has 1 unspecified atom stereocenters. The second-order valence-electron chi connectivity index (χ2n) is 3.60. The van der Waals surface area contributed by atoms with E-state index >= 15 is 0 Å². The fourth-order valence-electron chi connectivity index (χ4n) is 1.58. The van der Waals surface area contributed by atoms with Crippen LogP contribution >= 0.6 is 0 Å². The maximum atomic E-state index is 12.9. The minimum Gasteiger partial charge on any atom is -0.388 e. The monoisotopic (exact) mass is 230 g/mol. The van der Waals surface area contributed by atoms with E-state index < -0.39 is 24.0 Å². The molecule has 16 heavy (non-hydrogen) atoms. The van der Waals surface area contributed by atoms with Gasteiger partial charge < -0.3 is 14.6 Å². The van der Waals surface area contributed by atoms with Crippen LogP contribution in [0.3, 0.4) is 0 Å². The van der Waals surface area contributed by atoms with Gasteiger partial charge in [0.15, 0.2) is 17.9 Å². The predicted octanol–water partition coefficient (Wildman–Crippen LogP) is 1.76. The fraction of sp³-hybridized carbons (Fsp3) is 0.455. The van der Waals surface area contributed by atoms with Gasteiger partial charge in [-0.3, -0.25) is 0 Å². The average Bonchev–Trinajstić information content (AvgIpc) is 2.74. The normalized spacial score (nSPS) is 18.9. The molecular formula is C11H12F2O3. The Bertz CT molecular complexity index is 364. The minimum absolute atomic E-state index is 0.213. The van der Waals surface area contributed by atoms with Gasteiger partial charge in [-0.25, -0.2) is 8.78 Å². The summed E-state index contributed by atoms with van der Waals surface area (Å²) >= 11 is 0. The maximum Gasteiger partial charge on any atom is 0.160 e. The molecule has 3 nitrogen and oxygen atoms in total. The van der Waals surface area contributed by atoms with E-state index in [1.807, 2.05) is 0 Å². The van der Waals surface area contributed by atoms with Crippen LogP contribution in [0, 0.1) is 11.6 Å². The summed E-state index contributed by atoms with van der Waals surface area (Å²) in [6.45, 7) is 0.990. The van der Waals surface area contributed by atoms with E-state index in [2.05, 4.69) is 0 Å². The third kappa shape index (κ3) is 2.55. The molecular weight excluding hydrogens is 218 g/mol. The van der Waals surface area contributed by atoms with Crippen molar-refractivity contribution in [3.63, 3.8) is 0 Å². The molecule has 0 aliphatic carbocycles. The molecule has 1 aliphatic heterocycles. The summed E-state index contributed by atoms with van der Waals surface area (Å²) < 4.78 is 35.9. The highest BCUT2D eigenvalue weighted by atomic mass is 19.2. The fourth-order valence-corrected chi connectivity index (χ4v) is 1.58. The van der Waals surface area contributed by atoms with Crippen LogP contribution in [0.5, 0.6) is 0 Å². The molecule has 1 saturated heterocycles. The first-order valence-electron chi connectivity index (χ1n) is 5.03. The molecule has 1 N–H and O–H groups in total. The van der Waals surface area contributed by atoms with Crippen molar-refractivity contribution >= 4 is 0 Å². The van der Waals surface area contributed by atoms with Gasteiger partial charge in [-0.05, 0) is 17.7 Å². The van der Waals surface area contributed by atoms with Crippen molar-refractivity contribution in [2.45, 2.75) is 18.8 Å². The zero-order valence-corrected chi connectivity index (χ0v) is 8.53. The lowest BCUT2D eigenvalue weighted by atomic mass is 10.1. The van der Waals surface area contributed by atoms with Crippen LogP contribution in [-0.4, -0.2) is 24.6 Å². The Balaban J connectivity index is 2.02. The van der Waals surface area contributed by atoms with Crippen molar-refractivity contribution < 1.29 is 23.4 Å². The lowest BCUT2D eigenvalue weighted by Crippen LogP contribution is -2.13. The first-order valence-corrected chi connectivity index (χ1v) is 5.03. The molecule has 5 heteroatoms. The molecule has 1 heterocycles. The largest absolute Gasteiger partial charge is 0.388 e. The zero-order chi connectivity index (χ0) is 11.5. The van der Waals surface area contributed by atoms with Crippen LogP contribution in [0.1, 0.15) is 18.1 Å². The first kappa shape index (κ1) is 11.4. The third-order valence-electron chi connectivity index (χ3n) is 2.43. The molecule has 1 aromatic rings. The SMILES string of the molecule is OC(CC1OCCO1)c1ccc(F)c(F)c1. The highest BCUT2D eigenvalue weighted by Crippen LogP contribution is 2.23. The van der Waals surface area contributed by atoms with Crippen molar-refractivity contribution in [3.05, 3.63) is 35.4 Å². The van der Waals surface area contributed by atoms with E-state index in [9.17, 15) is 13.9 Å². The van der Waals surface area contributed by atoms with Crippen LogP contribution in [-0.2, 0) is 9.47 Å². The van der Waals surface area contributed by atoms with Gasteiger partial charge in [0.25, 0.3) is 0 Å². The van der Waals surface area contributed by atoms with E-state index in [1.165, 1.54) is 6.07 Å². The van der Waals surface area contributed by atoms with E-state index in [4.69, 9.17) is 9.47 Å². The lowest BCUT2D eigenvalue weighted by Gasteiger charge is -2.15. The maximum absolute atomic E-state index is 12.9. The number of rotatable bonds is 3. The number of ether oxygens (including phenoxy) is 2. The predicted molar refractivity (Wildman–Crippen MR) is 51.6 cm³/mol. The smallest absolute Gasteiger partial charge is 0.160 e. The van der Waals surface area contributed by atoms with Crippen molar-refractivity contribution in [2.24, 2.45) is 0 Å². The molecule has 0 radical (unpaired) electrons. The molecule has 88 valence electrons. The summed E-state index contributed by atoms with van der Waals surface area (Å²) in [5, 5.41) is 9.75. The summed E-state index contributed by atoms with van der Waals surface area (Å²) in [4.78, 5) is 0. The summed E-state index contributed by atoms with van der Waals surface area (Å²) in [7, 11) is 0. The summed E-state index contributed by atoms with van der Waals surface area (Å²) in [5.41, 5.74) is 0.318. The van der Waals surface area contributed by atoms with Gasteiger partial charge in [0.1, 0.15) is 0 Å². The van der Waals surface area contributed by atoms with Gasteiger partial charge in [-0.1, -0.05) is 6.07 Å². The molecule has 0 spiro atoms. The minimum atomic E-state index is -0.968. The Kier molecular flexibility index (Phi) is 3.48. The first-order chi connectivity index (χ1) is 7.66. The summed E-state index contributed by atoms with van der Waals surface area (Å²) in [6.07, 6.45) is -1.17. The number of aliphatic hydroxyl groups excluding tert-OH is 1. The Morgan fingerprint density at radius 1 is 1.25 bits per heavy atom. The Hall–Kier alpha value is -1.04. The van der Waals surface area contributed by atoms with Gasteiger partial charge in [0.2, 0.25) is 0 Å². The van der Waals surface area contributed by atoms with E-state index in [0.29, 0.717) is 18.8 Å². The topological polar surface area (TPSA) is 38.7 Å². The quantitative estimate of drug-likeness (QED) is 0.859. The van der Waals surface area contributed by atoms with Gasteiger partial charge >= 0.3 is 0 Å². The van der Waals surface area contributed by atoms with Crippen molar-refractivity contribution in [1.29, 1.82) is 0 Å². The molecule has 0 saturated carbocycles. The van der Waals surface area contributed by atoms with Crippen LogP contribution in [0.2, 0.25) is 0 Å². The second-order valence-corrected chi connectivity index (χ2v) is 3.60. The van der Waals surface area contributed by atoms with E-state index in [-0.39, 0.29) is 6.42 Å². The number of hydrogen-bond donors (Lipinski definition) is 1. The van der Waals surface area contributed by atoms with E-state index in [1.54, 1.807) is 0 Å². The zero-order valence-electron chi connectivity index (χ0n) is 8.53. The molecule has 0 bridgehead atoms. The Morgan fingerprint density at radius 3 is 2.56 bits per heavy atom. The number of aliphatic hydroxyl groups is 1. The Morgan fingerprint density at radius 2 is 1.94 bits per heavy atom. The molecule has 2 rings (SSSR count). The average molecular weight is 230 g/mol. The van der Waals surface area contributed by atoms with Crippen LogP contribution < -0.4 is 0 Å². The lowest BCUT2D eigenvalue weighted by molar-refractivity contribution is -0.0708. The van der Waals surface area contributed by atoms with E-state index in [0.717, 1.165) is 12.1 Å². The molecule has 0 amide bonds. The van der Waals surface area contributed by atoms with Crippen LogP contribution in [0.4, 0.5) is 8.78 Å². The van der Waals surface area contributed by atoms with Gasteiger partial charge in [-0.2, -0.15) is 0 Å². The van der Waals surface area contributed by atoms with Crippen molar-refractivity contribution in [3.8, 4) is 0 Å². The molecule has 0 aromatic heterocycles. The van der Waals surface area contributed by atoms with Crippen molar-refractivity contribution in [1.82, 2.24) is 0 Å². The van der Waals surface area contributed by atoms with Gasteiger partial charge in [0, 0.05) is 6.42 Å². The number of benzene rings is 1. The van der Waals surface area contributed by atoms with Crippen molar-refractivity contribution in [2.75, 3.05) is 13.2 Å². The second kappa shape index (κ2) is 4.86. The summed E-state index contributed by atoms with van der Waals surface area (Å²) in [6, 6.07) is 3.32.